The summed E-state index contributed by atoms with van der Waals surface area (Å²) in [5, 5.41) is 9.09. The van der Waals surface area contributed by atoms with Crippen LogP contribution in [-0.2, 0) is 9.59 Å². The molecule has 1 aliphatic heterocycles. The Labute approximate surface area is 115 Å². The molecule has 0 aromatic carbocycles. The van der Waals surface area contributed by atoms with Gasteiger partial charge < -0.3 is 10.0 Å². The predicted octanol–water partition coefficient (Wildman–Crippen LogP) is 2.53. The largest absolute Gasteiger partial charge is 0.481 e. The van der Waals surface area contributed by atoms with Crippen molar-refractivity contribution in [3.05, 3.63) is 0 Å². The fourth-order valence-electron chi connectivity index (χ4n) is 3.57. The highest BCUT2D eigenvalue weighted by atomic mass is 16.4. The molecule has 0 aromatic heterocycles. The van der Waals surface area contributed by atoms with Crippen molar-refractivity contribution >= 4 is 11.9 Å². The lowest BCUT2D eigenvalue weighted by atomic mass is 9.81. The summed E-state index contributed by atoms with van der Waals surface area (Å²) < 4.78 is 0. The first-order chi connectivity index (χ1) is 9.11. The second-order valence-electron chi connectivity index (χ2n) is 6.13. The van der Waals surface area contributed by atoms with Crippen molar-refractivity contribution in [3.8, 4) is 0 Å². The Bertz CT molecular complexity index is 342. The zero-order chi connectivity index (χ0) is 13.8. The fourth-order valence-corrected chi connectivity index (χ4v) is 3.57. The van der Waals surface area contributed by atoms with Gasteiger partial charge in [-0.2, -0.15) is 0 Å². The standard InChI is InChI=1S/C15H25NO3/c1-2-4-11-7-8-16(10-11)14(17)12-5-3-6-13(9-12)15(18)19/h11-13H,2-10H2,1H3,(H,18,19). The molecule has 0 bridgehead atoms. The molecule has 4 heteroatoms. The fraction of sp³-hybridized carbons (Fsp3) is 0.867. The van der Waals surface area contributed by atoms with Gasteiger partial charge in [0.2, 0.25) is 5.91 Å². The number of carboxylic acids is 1. The molecule has 1 saturated carbocycles. The number of likely N-dealkylation sites (tertiary alicyclic amines) is 1. The molecule has 2 aliphatic rings. The highest BCUT2D eigenvalue weighted by Gasteiger charge is 2.35. The van der Waals surface area contributed by atoms with Gasteiger partial charge in [-0.1, -0.05) is 19.8 Å². The van der Waals surface area contributed by atoms with E-state index in [0.717, 1.165) is 38.8 Å². The molecule has 108 valence electrons. The number of carboxylic acid groups (broad SMARTS) is 1. The maximum absolute atomic E-state index is 12.5. The summed E-state index contributed by atoms with van der Waals surface area (Å²) in [6, 6.07) is 0. The molecule has 2 rings (SSSR count). The Balaban J connectivity index is 1.87. The Morgan fingerprint density at radius 1 is 1.21 bits per heavy atom. The number of rotatable bonds is 4. The van der Waals surface area contributed by atoms with Crippen LogP contribution in [0, 0.1) is 17.8 Å². The molecule has 1 aliphatic carbocycles. The SMILES string of the molecule is CCCC1CCN(C(=O)C2CCCC(C(=O)O)C2)C1. The first-order valence-corrected chi connectivity index (χ1v) is 7.63. The van der Waals surface area contributed by atoms with Crippen molar-refractivity contribution in [2.75, 3.05) is 13.1 Å². The number of carbonyl (C=O) groups excluding carboxylic acids is 1. The van der Waals surface area contributed by atoms with Crippen molar-refractivity contribution in [2.45, 2.75) is 51.9 Å². The number of aliphatic carboxylic acids is 1. The number of carbonyl (C=O) groups is 2. The van der Waals surface area contributed by atoms with Crippen LogP contribution in [-0.4, -0.2) is 35.0 Å². The van der Waals surface area contributed by atoms with Crippen molar-refractivity contribution in [1.29, 1.82) is 0 Å². The summed E-state index contributed by atoms with van der Waals surface area (Å²) in [6.07, 6.45) is 6.52. The summed E-state index contributed by atoms with van der Waals surface area (Å²) in [5.74, 6) is -0.216. The molecule has 1 amide bonds. The number of hydrogen-bond donors (Lipinski definition) is 1. The molecule has 2 fully saturated rings. The summed E-state index contributed by atoms with van der Waals surface area (Å²) in [7, 11) is 0. The molecule has 3 unspecified atom stereocenters. The molecule has 1 saturated heterocycles. The molecule has 0 aromatic rings. The van der Waals surface area contributed by atoms with Crippen molar-refractivity contribution in [2.24, 2.45) is 17.8 Å². The average molecular weight is 267 g/mol. The number of hydrogen-bond acceptors (Lipinski definition) is 2. The quantitative estimate of drug-likeness (QED) is 0.851. The minimum atomic E-state index is -0.734. The molecule has 4 nitrogen and oxygen atoms in total. The van der Waals surface area contributed by atoms with Crippen molar-refractivity contribution in [3.63, 3.8) is 0 Å². The summed E-state index contributed by atoms with van der Waals surface area (Å²) in [6.45, 7) is 3.95. The molecule has 19 heavy (non-hydrogen) atoms. The summed E-state index contributed by atoms with van der Waals surface area (Å²) in [4.78, 5) is 25.5. The van der Waals surface area contributed by atoms with Gasteiger partial charge in [0.05, 0.1) is 5.92 Å². The Morgan fingerprint density at radius 2 is 1.95 bits per heavy atom. The summed E-state index contributed by atoms with van der Waals surface area (Å²) >= 11 is 0. The smallest absolute Gasteiger partial charge is 0.306 e. The van der Waals surface area contributed by atoms with Crippen LogP contribution in [0.3, 0.4) is 0 Å². The first kappa shape index (κ1) is 14.4. The van der Waals surface area contributed by atoms with E-state index in [0.29, 0.717) is 12.3 Å². The third-order valence-corrected chi connectivity index (χ3v) is 4.67. The second-order valence-corrected chi connectivity index (χ2v) is 6.13. The molecule has 0 spiro atoms. The van der Waals surface area contributed by atoms with Gasteiger partial charge in [-0.05, 0) is 38.0 Å². The Morgan fingerprint density at radius 3 is 2.63 bits per heavy atom. The van der Waals surface area contributed by atoms with Gasteiger partial charge in [-0.25, -0.2) is 0 Å². The van der Waals surface area contributed by atoms with Crippen LogP contribution >= 0.6 is 0 Å². The van der Waals surface area contributed by atoms with Crippen LogP contribution in [0.4, 0.5) is 0 Å². The predicted molar refractivity (Wildman–Crippen MR) is 72.7 cm³/mol. The molecule has 1 heterocycles. The molecular formula is C15H25NO3. The normalized spacial score (nSPS) is 31.4. The van der Waals surface area contributed by atoms with Gasteiger partial charge in [-0.3, -0.25) is 9.59 Å². The highest BCUT2D eigenvalue weighted by molar-refractivity contribution is 5.80. The van der Waals surface area contributed by atoms with Gasteiger partial charge in [0, 0.05) is 19.0 Å². The second kappa shape index (κ2) is 6.40. The van der Waals surface area contributed by atoms with Crippen LogP contribution in [0.2, 0.25) is 0 Å². The highest BCUT2D eigenvalue weighted by Crippen LogP contribution is 2.32. The topological polar surface area (TPSA) is 57.6 Å². The van der Waals surface area contributed by atoms with Gasteiger partial charge >= 0.3 is 5.97 Å². The van der Waals surface area contributed by atoms with Crippen LogP contribution in [0.15, 0.2) is 0 Å². The van der Waals surface area contributed by atoms with Crippen LogP contribution < -0.4 is 0 Å². The lowest BCUT2D eigenvalue weighted by molar-refractivity contribution is -0.145. The van der Waals surface area contributed by atoms with Crippen LogP contribution in [0.25, 0.3) is 0 Å². The van der Waals surface area contributed by atoms with E-state index in [4.69, 9.17) is 5.11 Å². The zero-order valence-electron chi connectivity index (χ0n) is 11.8. The van der Waals surface area contributed by atoms with Gasteiger partial charge in [0.15, 0.2) is 0 Å². The van der Waals surface area contributed by atoms with E-state index in [1.807, 2.05) is 4.90 Å². The molecule has 3 atom stereocenters. The van der Waals surface area contributed by atoms with E-state index in [1.165, 1.54) is 12.8 Å². The molecular weight excluding hydrogens is 242 g/mol. The maximum atomic E-state index is 12.5. The first-order valence-electron chi connectivity index (χ1n) is 7.63. The van der Waals surface area contributed by atoms with E-state index in [1.54, 1.807) is 0 Å². The van der Waals surface area contributed by atoms with Crippen molar-refractivity contribution in [1.82, 2.24) is 4.90 Å². The minimum Gasteiger partial charge on any atom is -0.481 e. The molecule has 1 N–H and O–H groups in total. The number of nitrogens with zero attached hydrogens (tertiary/aromatic N) is 1. The zero-order valence-corrected chi connectivity index (χ0v) is 11.8. The third-order valence-electron chi connectivity index (χ3n) is 4.67. The van der Waals surface area contributed by atoms with Crippen LogP contribution in [0.1, 0.15) is 51.9 Å². The monoisotopic (exact) mass is 267 g/mol. The lowest BCUT2D eigenvalue weighted by Crippen LogP contribution is -2.37. The van der Waals surface area contributed by atoms with E-state index in [9.17, 15) is 9.59 Å². The Kier molecular flexibility index (Phi) is 4.83. The van der Waals surface area contributed by atoms with Gasteiger partial charge in [-0.15, -0.1) is 0 Å². The summed E-state index contributed by atoms with van der Waals surface area (Å²) in [5.41, 5.74) is 0. The number of amides is 1. The minimum absolute atomic E-state index is 0.0461. The lowest BCUT2D eigenvalue weighted by Gasteiger charge is -2.29. The van der Waals surface area contributed by atoms with E-state index < -0.39 is 5.97 Å². The average Bonchev–Trinajstić information content (AvgIpc) is 2.87. The van der Waals surface area contributed by atoms with Gasteiger partial charge in [0.25, 0.3) is 0 Å². The third kappa shape index (κ3) is 3.48. The van der Waals surface area contributed by atoms with Crippen molar-refractivity contribution < 1.29 is 14.7 Å². The van der Waals surface area contributed by atoms with E-state index in [-0.39, 0.29) is 17.7 Å². The van der Waals surface area contributed by atoms with E-state index in [2.05, 4.69) is 6.92 Å². The van der Waals surface area contributed by atoms with Crippen LogP contribution in [0.5, 0.6) is 0 Å². The maximum Gasteiger partial charge on any atom is 0.306 e. The Hall–Kier alpha value is -1.06. The van der Waals surface area contributed by atoms with E-state index >= 15 is 0 Å². The molecule has 0 radical (unpaired) electrons. The van der Waals surface area contributed by atoms with Gasteiger partial charge in [0.1, 0.15) is 0 Å².